The average molecular weight is 463 g/mol. The predicted octanol–water partition coefficient (Wildman–Crippen LogP) is 6.55. The first kappa shape index (κ1) is 20.7. The number of anilines is 1. The molecular formula is C28H22N4OS. The van der Waals surface area contributed by atoms with Gasteiger partial charge in [-0.15, -0.1) is 11.3 Å². The fraction of sp³-hybridized carbons (Fsp3) is 0.143. The summed E-state index contributed by atoms with van der Waals surface area (Å²) >= 11 is 1.59. The Labute approximate surface area is 201 Å². The van der Waals surface area contributed by atoms with Crippen LogP contribution in [0, 0.1) is 0 Å². The number of nitrogens with one attached hydrogen (secondary N) is 1. The van der Waals surface area contributed by atoms with Crippen molar-refractivity contribution in [2.75, 3.05) is 5.32 Å². The van der Waals surface area contributed by atoms with Crippen LogP contribution in [0.25, 0.3) is 33.5 Å². The van der Waals surface area contributed by atoms with Crippen LogP contribution < -0.4 is 5.32 Å². The minimum absolute atomic E-state index is 0.178. The molecule has 3 aromatic carbocycles. The Morgan fingerprint density at radius 2 is 1.38 bits per heavy atom. The van der Waals surface area contributed by atoms with Gasteiger partial charge in [0.1, 0.15) is 0 Å². The molecule has 0 aliphatic heterocycles. The number of hydrogen-bond donors (Lipinski definition) is 1. The fourth-order valence-corrected chi connectivity index (χ4v) is 5.41. The van der Waals surface area contributed by atoms with Crippen LogP contribution in [0.1, 0.15) is 33.8 Å². The van der Waals surface area contributed by atoms with Crippen LogP contribution in [0.4, 0.5) is 5.13 Å². The van der Waals surface area contributed by atoms with Crippen molar-refractivity contribution in [2.45, 2.75) is 25.7 Å². The molecule has 0 unspecified atom stereocenters. The normalized spacial score (nSPS) is 12.9. The lowest BCUT2D eigenvalue weighted by atomic mass is 10.0. The molecule has 0 bridgehead atoms. The Morgan fingerprint density at radius 3 is 2.06 bits per heavy atom. The molecule has 5 nitrogen and oxygen atoms in total. The van der Waals surface area contributed by atoms with E-state index in [1.165, 1.54) is 17.7 Å². The lowest BCUT2D eigenvalue weighted by molar-refractivity contribution is 0.102. The molecule has 1 amide bonds. The third-order valence-corrected chi connectivity index (χ3v) is 7.16. The van der Waals surface area contributed by atoms with E-state index in [0.29, 0.717) is 16.2 Å². The van der Waals surface area contributed by atoms with Crippen molar-refractivity contribution >= 4 is 33.4 Å². The summed E-state index contributed by atoms with van der Waals surface area (Å²) in [5.74, 6) is -0.178. The van der Waals surface area contributed by atoms with Crippen molar-refractivity contribution in [3.8, 4) is 22.5 Å². The Bertz CT molecular complexity index is 1470. The van der Waals surface area contributed by atoms with Crippen LogP contribution in [0.5, 0.6) is 0 Å². The lowest BCUT2D eigenvalue weighted by Gasteiger charge is -2.11. The number of aryl methyl sites for hydroxylation is 2. The second-order valence-electron chi connectivity index (χ2n) is 8.41. The highest BCUT2D eigenvalue weighted by Crippen LogP contribution is 2.32. The Hall–Kier alpha value is -3.90. The van der Waals surface area contributed by atoms with Gasteiger partial charge in [-0.05, 0) is 43.9 Å². The van der Waals surface area contributed by atoms with Gasteiger partial charge in [-0.25, -0.2) is 15.0 Å². The molecular weight excluding hydrogens is 440 g/mol. The van der Waals surface area contributed by atoms with E-state index in [2.05, 4.69) is 10.3 Å². The highest BCUT2D eigenvalue weighted by atomic mass is 32.1. The summed E-state index contributed by atoms with van der Waals surface area (Å²) in [5, 5.41) is 3.66. The van der Waals surface area contributed by atoms with E-state index in [1.807, 2.05) is 72.8 Å². The number of carbonyl (C=O) groups excluding carboxylic acids is 1. The number of nitrogens with zero attached hydrogens (tertiary/aromatic N) is 3. The van der Waals surface area contributed by atoms with E-state index in [0.717, 1.165) is 46.6 Å². The first-order valence-electron chi connectivity index (χ1n) is 11.5. The minimum atomic E-state index is -0.178. The van der Waals surface area contributed by atoms with Gasteiger partial charge >= 0.3 is 0 Å². The van der Waals surface area contributed by atoms with Gasteiger partial charge in [-0.3, -0.25) is 10.1 Å². The monoisotopic (exact) mass is 462 g/mol. The van der Waals surface area contributed by atoms with Crippen LogP contribution >= 0.6 is 11.3 Å². The lowest BCUT2D eigenvalue weighted by Crippen LogP contribution is -2.12. The van der Waals surface area contributed by atoms with Gasteiger partial charge in [-0.1, -0.05) is 60.7 Å². The second-order valence-corrected chi connectivity index (χ2v) is 9.49. The Morgan fingerprint density at radius 1 is 0.735 bits per heavy atom. The number of benzene rings is 3. The molecule has 0 atom stereocenters. The maximum absolute atomic E-state index is 13.0. The summed E-state index contributed by atoms with van der Waals surface area (Å²) in [6, 6.07) is 25.6. The molecule has 0 radical (unpaired) electrons. The van der Waals surface area contributed by atoms with Gasteiger partial charge in [0.2, 0.25) is 0 Å². The SMILES string of the molecule is O=C(Nc1nc2c(s1)CCCC2)c1ccc2nc(-c3ccccc3)c(-c3ccccc3)nc2c1. The molecule has 2 aromatic heterocycles. The highest BCUT2D eigenvalue weighted by molar-refractivity contribution is 7.15. The molecule has 1 aliphatic carbocycles. The summed E-state index contributed by atoms with van der Waals surface area (Å²) in [7, 11) is 0. The zero-order valence-corrected chi connectivity index (χ0v) is 19.3. The average Bonchev–Trinajstić information content (AvgIpc) is 3.31. The smallest absolute Gasteiger partial charge is 0.257 e. The molecule has 166 valence electrons. The van der Waals surface area contributed by atoms with E-state index in [1.54, 1.807) is 17.4 Å². The zero-order chi connectivity index (χ0) is 22.9. The zero-order valence-electron chi connectivity index (χ0n) is 18.5. The van der Waals surface area contributed by atoms with Crippen molar-refractivity contribution in [3.63, 3.8) is 0 Å². The molecule has 34 heavy (non-hydrogen) atoms. The number of thiazole rings is 1. The first-order valence-corrected chi connectivity index (χ1v) is 12.3. The van der Waals surface area contributed by atoms with Crippen molar-refractivity contribution in [3.05, 3.63) is 95.0 Å². The molecule has 6 rings (SSSR count). The molecule has 1 N–H and O–H groups in total. The van der Waals surface area contributed by atoms with Gasteiger partial charge in [0.15, 0.2) is 5.13 Å². The largest absolute Gasteiger partial charge is 0.298 e. The number of amides is 1. The van der Waals surface area contributed by atoms with Gasteiger partial charge < -0.3 is 0 Å². The van der Waals surface area contributed by atoms with Crippen molar-refractivity contribution in [1.82, 2.24) is 15.0 Å². The van der Waals surface area contributed by atoms with Crippen LogP contribution in [-0.4, -0.2) is 20.9 Å². The number of rotatable bonds is 4. The summed E-state index contributed by atoms with van der Waals surface area (Å²) in [5.41, 5.74) is 6.72. The second kappa shape index (κ2) is 8.80. The topological polar surface area (TPSA) is 67.8 Å². The molecule has 0 fully saturated rings. The minimum Gasteiger partial charge on any atom is -0.298 e. The number of aromatic nitrogens is 3. The molecule has 0 saturated heterocycles. The van der Waals surface area contributed by atoms with Gasteiger partial charge in [0.25, 0.3) is 5.91 Å². The van der Waals surface area contributed by atoms with E-state index < -0.39 is 0 Å². The van der Waals surface area contributed by atoms with E-state index >= 15 is 0 Å². The Kier molecular flexibility index (Phi) is 5.35. The summed E-state index contributed by atoms with van der Waals surface area (Å²) in [6.45, 7) is 0. The molecule has 6 heteroatoms. The molecule has 5 aromatic rings. The van der Waals surface area contributed by atoms with E-state index in [9.17, 15) is 4.79 Å². The maximum atomic E-state index is 13.0. The van der Waals surface area contributed by atoms with Gasteiger partial charge in [0, 0.05) is 21.6 Å². The molecule has 0 spiro atoms. The predicted molar refractivity (Wildman–Crippen MR) is 137 cm³/mol. The van der Waals surface area contributed by atoms with Gasteiger partial charge in [0.05, 0.1) is 28.1 Å². The van der Waals surface area contributed by atoms with Gasteiger partial charge in [-0.2, -0.15) is 0 Å². The van der Waals surface area contributed by atoms with Crippen molar-refractivity contribution in [2.24, 2.45) is 0 Å². The first-order chi connectivity index (χ1) is 16.7. The maximum Gasteiger partial charge on any atom is 0.257 e. The quantitative estimate of drug-likeness (QED) is 0.329. The standard InChI is InChI=1S/C28H22N4OS/c33-27(32-28-31-22-13-7-8-14-24(22)34-28)20-15-16-21-23(17-20)30-26(19-11-5-2-6-12-19)25(29-21)18-9-3-1-4-10-18/h1-6,9-12,15-17H,7-8,13-14H2,(H,31,32,33). The third kappa shape index (κ3) is 3.97. The third-order valence-electron chi connectivity index (χ3n) is 6.09. The van der Waals surface area contributed by atoms with E-state index in [-0.39, 0.29) is 5.91 Å². The van der Waals surface area contributed by atoms with Crippen LogP contribution in [-0.2, 0) is 12.8 Å². The summed E-state index contributed by atoms with van der Waals surface area (Å²) in [6.07, 6.45) is 4.42. The molecule has 2 heterocycles. The molecule has 0 saturated carbocycles. The summed E-state index contributed by atoms with van der Waals surface area (Å²) < 4.78 is 0. The van der Waals surface area contributed by atoms with Crippen LogP contribution in [0.15, 0.2) is 78.9 Å². The number of fused-ring (bicyclic) bond motifs is 2. The summed E-state index contributed by atoms with van der Waals surface area (Å²) in [4.78, 5) is 28.9. The van der Waals surface area contributed by atoms with Crippen molar-refractivity contribution in [1.29, 1.82) is 0 Å². The fourth-order valence-electron chi connectivity index (χ4n) is 4.36. The number of carbonyl (C=O) groups is 1. The number of hydrogen-bond acceptors (Lipinski definition) is 5. The van der Waals surface area contributed by atoms with Crippen molar-refractivity contribution < 1.29 is 4.79 Å². The Balaban J connectivity index is 1.39. The van der Waals surface area contributed by atoms with Crippen LogP contribution in [0.2, 0.25) is 0 Å². The highest BCUT2D eigenvalue weighted by Gasteiger charge is 2.18. The van der Waals surface area contributed by atoms with E-state index in [4.69, 9.17) is 9.97 Å². The van der Waals surface area contributed by atoms with Crippen LogP contribution in [0.3, 0.4) is 0 Å². The molecule has 1 aliphatic rings.